The number of hydrogen-bond donors (Lipinski definition) is 0. The SMILES string of the molecule is C1CCc2nnnnc2C1. The van der Waals surface area contributed by atoms with E-state index in [0.717, 1.165) is 24.2 Å². The van der Waals surface area contributed by atoms with Crippen LogP contribution in [0.3, 0.4) is 0 Å². The Labute approximate surface area is 58.7 Å². The van der Waals surface area contributed by atoms with Crippen molar-refractivity contribution in [3.05, 3.63) is 11.4 Å². The number of nitrogens with zero attached hydrogens (tertiary/aromatic N) is 4. The molecule has 0 aromatic carbocycles. The van der Waals surface area contributed by atoms with Crippen LogP contribution in [0.5, 0.6) is 0 Å². The van der Waals surface area contributed by atoms with E-state index in [2.05, 4.69) is 20.6 Å². The molecule has 0 atom stereocenters. The van der Waals surface area contributed by atoms with Crippen LogP contribution in [0, 0.1) is 0 Å². The van der Waals surface area contributed by atoms with E-state index in [1.165, 1.54) is 12.8 Å². The molecule has 0 spiro atoms. The lowest BCUT2D eigenvalue weighted by atomic mass is 10.0. The lowest BCUT2D eigenvalue weighted by molar-refractivity contribution is 0.590. The lowest BCUT2D eigenvalue weighted by Gasteiger charge is -2.09. The van der Waals surface area contributed by atoms with E-state index in [0.29, 0.717) is 0 Å². The molecule has 1 heterocycles. The van der Waals surface area contributed by atoms with E-state index in [9.17, 15) is 0 Å². The first-order chi connectivity index (χ1) is 4.97. The Morgan fingerprint density at radius 1 is 0.800 bits per heavy atom. The Morgan fingerprint density at radius 3 is 1.80 bits per heavy atom. The van der Waals surface area contributed by atoms with Gasteiger partial charge in [0.2, 0.25) is 0 Å². The number of aryl methyl sites for hydroxylation is 2. The Morgan fingerprint density at radius 2 is 1.30 bits per heavy atom. The number of aromatic nitrogens is 4. The molecule has 0 N–H and O–H groups in total. The molecule has 52 valence electrons. The molecular formula is C6H8N4. The van der Waals surface area contributed by atoms with Gasteiger partial charge in [-0.25, -0.2) is 0 Å². The first-order valence-electron chi connectivity index (χ1n) is 3.50. The minimum absolute atomic E-state index is 1.03. The molecular weight excluding hydrogens is 128 g/mol. The van der Waals surface area contributed by atoms with E-state index in [1.807, 2.05) is 0 Å². The largest absolute Gasteiger partial charge is 0.132 e. The van der Waals surface area contributed by atoms with Gasteiger partial charge in [0.25, 0.3) is 0 Å². The van der Waals surface area contributed by atoms with Gasteiger partial charge in [0.05, 0.1) is 11.4 Å². The van der Waals surface area contributed by atoms with Crippen LogP contribution < -0.4 is 0 Å². The first-order valence-corrected chi connectivity index (χ1v) is 3.50. The van der Waals surface area contributed by atoms with Crippen LogP contribution in [-0.4, -0.2) is 20.6 Å². The average molecular weight is 136 g/mol. The van der Waals surface area contributed by atoms with Gasteiger partial charge in [-0.1, -0.05) is 0 Å². The van der Waals surface area contributed by atoms with Crippen LogP contribution in [0.4, 0.5) is 0 Å². The molecule has 4 heteroatoms. The molecule has 1 aliphatic carbocycles. The minimum Gasteiger partial charge on any atom is -0.132 e. The van der Waals surface area contributed by atoms with Crippen LogP contribution >= 0.6 is 0 Å². The molecule has 0 unspecified atom stereocenters. The van der Waals surface area contributed by atoms with Gasteiger partial charge < -0.3 is 0 Å². The maximum atomic E-state index is 3.90. The second-order valence-electron chi connectivity index (χ2n) is 2.48. The predicted molar refractivity (Wildman–Crippen MR) is 34.3 cm³/mol. The lowest BCUT2D eigenvalue weighted by Crippen LogP contribution is -2.10. The van der Waals surface area contributed by atoms with Crippen molar-refractivity contribution in [2.24, 2.45) is 0 Å². The molecule has 1 aromatic heterocycles. The summed E-state index contributed by atoms with van der Waals surface area (Å²) in [7, 11) is 0. The molecule has 0 bridgehead atoms. The standard InChI is InChI=1S/C6H8N4/c1-2-4-6-5(3-1)7-9-10-8-6/h1-4H2. The van der Waals surface area contributed by atoms with Gasteiger partial charge in [-0.05, 0) is 36.1 Å². The number of hydrogen-bond acceptors (Lipinski definition) is 4. The molecule has 10 heavy (non-hydrogen) atoms. The van der Waals surface area contributed by atoms with Crippen molar-refractivity contribution in [2.75, 3.05) is 0 Å². The third kappa shape index (κ3) is 0.853. The summed E-state index contributed by atoms with van der Waals surface area (Å²) in [6.07, 6.45) is 4.48. The molecule has 2 rings (SSSR count). The summed E-state index contributed by atoms with van der Waals surface area (Å²) in [5.74, 6) is 0. The fourth-order valence-electron chi connectivity index (χ4n) is 1.24. The molecule has 0 saturated carbocycles. The van der Waals surface area contributed by atoms with Gasteiger partial charge in [-0.3, -0.25) is 0 Å². The van der Waals surface area contributed by atoms with Gasteiger partial charge in [-0.15, -0.1) is 10.2 Å². The topological polar surface area (TPSA) is 51.6 Å². The van der Waals surface area contributed by atoms with Gasteiger partial charge in [0.15, 0.2) is 0 Å². The van der Waals surface area contributed by atoms with Gasteiger partial charge in [-0.2, -0.15) is 0 Å². The second-order valence-corrected chi connectivity index (χ2v) is 2.48. The summed E-state index contributed by atoms with van der Waals surface area (Å²) in [5.41, 5.74) is 2.09. The maximum absolute atomic E-state index is 3.90. The van der Waals surface area contributed by atoms with Crippen molar-refractivity contribution < 1.29 is 0 Å². The van der Waals surface area contributed by atoms with Crippen LogP contribution in [0.2, 0.25) is 0 Å². The summed E-state index contributed by atoms with van der Waals surface area (Å²) in [4.78, 5) is 0. The minimum atomic E-state index is 1.03. The van der Waals surface area contributed by atoms with Gasteiger partial charge in [0, 0.05) is 0 Å². The summed E-state index contributed by atoms with van der Waals surface area (Å²) in [6, 6.07) is 0. The van der Waals surface area contributed by atoms with Crippen LogP contribution in [0.15, 0.2) is 0 Å². The van der Waals surface area contributed by atoms with Gasteiger partial charge in [0.1, 0.15) is 0 Å². The Bertz CT molecular complexity index is 210. The molecule has 0 aliphatic heterocycles. The molecule has 4 nitrogen and oxygen atoms in total. The zero-order valence-corrected chi connectivity index (χ0v) is 5.62. The highest BCUT2D eigenvalue weighted by molar-refractivity contribution is 5.10. The smallest absolute Gasteiger partial charge is 0.0883 e. The quantitative estimate of drug-likeness (QED) is 0.509. The van der Waals surface area contributed by atoms with Crippen molar-refractivity contribution in [2.45, 2.75) is 25.7 Å². The van der Waals surface area contributed by atoms with Crippen LogP contribution in [-0.2, 0) is 12.8 Å². The summed E-state index contributed by atoms with van der Waals surface area (Å²) >= 11 is 0. The van der Waals surface area contributed by atoms with Crippen molar-refractivity contribution in [3.63, 3.8) is 0 Å². The summed E-state index contributed by atoms with van der Waals surface area (Å²) in [5, 5.41) is 14.8. The second kappa shape index (κ2) is 2.28. The monoisotopic (exact) mass is 136 g/mol. The molecule has 1 aromatic rings. The van der Waals surface area contributed by atoms with E-state index in [1.54, 1.807) is 0 Å². The third-order valence-electron chi connectivity index (χ3n) is 1.78. The summed E-state index contributed by atoms with van der Waals surface area (Å²) in [6.45, 7) is 0. The molecule has 0 amide bonds. The van der Waals surface area contributed by atoms with E-state index in [4.69, 9.17) is 0 Å². The Balaban J connectivity index is 2.41. The fraction of sp³-hybridized carbons (Fsp3) is 0.667. The van der Waals surface area contributed by atoms with E-state index in [-0.39, 0.29) is 0 Å². The first kappa shape index (κ1) is 5.70. The zero-order valence-electron chi connectivity index (χ0n) is 5.62. The van der Waals surface area contributed by atoms with Crippen molar-refractivity contribution in [1.82, 2.24) is 20.6 Å². The molecule has 1 aliphatic rings. The van der Waals surface area contributed by atoms with E-state index < -0.39 is 0 Å². The zero-order chi connectivity index (χ0) is 6.81. The highest BCUT2D eigenvalue weighted by Crippen LogP contribution is 2.14. The van der Waals surface area contributed by atoms with Crippen molar-refractivity contribution in [3.8, 4) is 0 Å². The van der Waals surface area contributed by atoms with Crippen LogP contribution in [0.25, 0.3) is 0 Å². The Hall–Kier alpha value is -1.06. The number of fused-ring (bicyclic) bond motifs is 1. The van der Waals surface area contributed by atoms with Crippen LogP contribution in [0.1, 0.15) is 24.2 Å². The van der Waals surface area contributed by atoms with Gasteiger partial charge >= 0.3 is 0 Å². The number of rotatable bonds is 0. The predicted octanol–water partition coefficient (Wildman–Crippen LogP) is 0.145. The maximum Gasteiger partial charge on any atom is 0.0883 e. The van der Waals surface area contributed by atoms with Crippen molar-refractivity contribution >= 4 is 0 Å². The highest BCUT2D eigenvalue weighted by Gasteiger charge is 2.11. The van der Waals surface area contributed by atoms with E-state index >= 15 is 0 Å². The Kier molecular flexibility index (Phi) is 1.30. The average Bonchev–Trinajstić information content (AvgIpc) is 2.05. The molecule has 0 saturated heterocycles. The normalized spacial score (nSPS) is 16.4. The summed E-state index contributed by atoms with van der Waals surface area (Å²) < 4.78 is 0. The molecule has 0 fully saturated rings. The highest BCUT2D eigenvalue weighted by atomic mass is 15.4. The third-order valence-corrected chi connectivity index (χ3v) is 1.78. The fourth-order valence-corrected chi connectivity index (χ4v) is 1.24. The molecule has 0 radical (unpaired) electrons. The van der Waals surface area contributed by atoms with Crippen molar-refractivity contribution in [1.29, 1.82) is 0 Å².